The predicted molar refractivity (Wildman–Crippen MR) is 47.9 cm³/mol. The third-order valence-electron chi connectivity index (χ3n) is 1.15. The van der Waals surface area contributed by atoms with E-state index in [4.69, 9.17) is 4.74 Å². The summed E-state index contributed by atoms with van der Waals surface area (Å²) in [6, 6.07) is 2.93. The van der Waals surface area contributed by atoms with Crippen LogP contribution in [0.15, 0.2) is 18.3 Å². The molecule has 0 saturated heterocycles. The Kier molecular flexibility index (Phi) is 3.71. The fourth-order valence-corrected chi connectivity index (χ4v) is 0.880. The number of aromatic nitrogens is 1. The monoisotopic (exact) mass is 267 g/mol. The first-order valence-corrected chi connectivity index (χ1v) is 4.60. The minimum atomic E-state index is -0.308. The van der Waals surface area contributed by atoms with Crippen LogP contribution >= 0.6 is 22.6 Å². The van der Waals surface area contributed by atoms with E-state index >= 15 is 0 Å². The van der Waals surface area contributed by atoms with E-state index in [0.29, 0.717) is 10.3 Å². The molecule has 1 heterocycles. The Labute approximate surface area is 77.9 Å². The van der Waals surface area contributed by atoms with Gasteiger partial charge in [-0.25, -0.2) is 4.39 Å². The molecular weight excluding hydrogens is 260 g/mol. The Bertz CT molecular complexity index is 231. The smallest absolute Gasteiger partial charge is 0.147 e. The quantitative estimate of drug-likeness (QED) is 0.618. The molecular formula is C7H7FINO. The Morgan fingerprint density at radius 3 is 3.09 bits per heavy atom. The fourth-order valence-electron chi connectivity index (χ4n) is 0.660. The SMILES string of the molecule is Fc1cccnc1COCI. The lowest BCUT2D eigenvalue weighted by atomic mass is 10.3. The van der Waals surface area contributed by atoms with Crippen molar-refractivity contribution in [2.45, 2.75) is 6.61 Å². The zero-order chi connectivity index (χ0) is 8.10. The number of alkyl halides is 1. The Hall–Kier alpha value is -0.230. The maximum Gasteiger partial charge on any atom is 0.147 e. The Morgan fingerprint density at radius 1 is 1.64 bits per heavy atom. The first-order valence-electron chi connectivity index (χ1n) is 3.07. The van der Waals surface area contributed by atoms with E-state index in [1.165, 1.54) is 6.07 Å². The molecule has 1 aromatic rings. The molecule has 0 fully saturated rings. The van der Waals surface area contributed by atoms with Crippen LogP contribution in [0.25, 0.3) is 0 Å². The van der Waals surface area contributed by atoms with Crippen molar-refractivity contribution in [3.63, 3.8) is 0 Å². The first kappa shape index (κ1) is 8.86. The molecule has 0 unspecified atom stereocenters. The number of rotatable bonds is 3. The van der Waals surface area contributed by atoms with Gasteiger partial charge in [-0.3, -0.25) is 4.98 Å². The maximum atomic E-state index is 12.8. The van der Waals surface area contributed by atoms with Crippen molar-refractivity contribution >= 4 is 22.6 Å². The van der Waals surface area contributed by atoms with Gasteiger partial charge in [0.1, 0.15) is 11.5 Å². The summed E-state index contributed by atoms with van der Waals surface area (Å²) in [5.41, 5.74) is 0.365. The molecule has 0 radical (unpaired) electrons. The lowest BCUT2D eigenvalue weighted by Crippen LogP contribution is -1.96. The van der Waals surface area contributed by atoms with Crippen LogP contribution in [0.1, 0.15) is 5.69 Å². The molecule has 0 saturated carbocycles. The molecule has 0 amide bonds. The van der Waals surface area contributed by atoms with Crippen molar-refractivity contribution in [3.8, 4) is 0 Å². The van der Waals surface area contributed by atoms with Gasteiger partial charge in [-0.1, -0.05) is 22.6 Å². The number of hydrogen-bond donors (Lipinski definition) is 0. The summed E-state index contributed by atoms with van der Waals surface area (Å²) >= 11 is 2.05. The largest absolute Gasteiger partial charge is 0.365 e. The van der Waals surface area contributed by atoms with Crippen LogP contribution in [0, 0.1) is 5.82 Å². The second-order valence-electron chi connectivity index (χ2n) is 1.89. The van der Waals surface area contributed by atoms with Crippen LogP contribution in [-0.4, -0.2) is 9.60 Å². The molecule has 4 heteroatoms. The molecule has 2 nitrogen and oxygen atoms in total. The fraction of sp³-hybridized carbons (Fsp3) is 0.286. The molecule has 1 rings (SSSR count). The second kappa shape index (κ2) is 4.61. The van der Waals surface area contributed by atoms with E-state index in [1.807, 2.05) is 0 Å². The van der Waals surface area contributed by atoms with Crippen molar-refractivity contribution < 1.29 is 9.13 Å². The van der Waals surface area contributed by atoms with Crippen molar-refractivity contribution in [2.75, 3.05) is 4.61 Å². The second-order valence-corrected chi connectivity index (χ2v) is 2.51. The molecule has 60 valence electrons. The first-order chi connectivity index (χ1) is 5.34. The van der Waals surface area contributed by atoms with Crippen molar-refractivity contribution in [1.29, 1.82) is 0 Å². The van der Waals surface area contributed by atoms with Gasteiger partial charge in [0.2, 0.25) is 0 Å². The molecule has 0 aliphatic heterocycles. The Morgan fingerprint density at radius 2 is 2.45 bits per heavy atom. The maximum absolute atomic E-state index is 12.8. The summed E-state index contributed by atoms with van der Waals surface area (Å²) in [6.07, 6.45) is 1.55. The topological polar surface area (TPSA) is 22.1 Å². The number of nitrogens with zero attached hydrogens (tertiary/aromatic N) is 1. The number of pyridine rings is 1. The molecule has 0 bridgehead atoms. The normalized spacial score (nSPS) is 10.0. The van der Waals surface area contributed by atoms with Crippen molar-refractivity contribution in [2.24, 2.45) is 0 Å². The third-order valence-corrected chi connectivity index (χ3v) is 1.59. The summed E-state index contributed by atoms with van der Waals surface area (Å²) in [5.74, 6) is -0.308. The van der Waals surface area contributed by atoms with Gasteiger partial charge in [0.25, 0.3) is 0 Å². The van der Waals surface area contributed by atoms with Crippen LogP contribution in [0.5, 0.6) is 0 Å². The van der Waals surface area contributed by atoms with Crippen LogP contribution in [0.2, 0.25) is 0 Å². The van der Waals surface area contributed by atoms with Gasteiger partial charge in [-0.05, 0) is 12.1 Å². The summed E-state index contributed by atoms with van der Waals surface area (Å²) in [4.78, 5) is 3.81. The molecule has 1 aromatic heterocycles. The standard InChI is InChI=1S/C7H7FINO/c8-6-2-1-3-10-7(6)4-11-5-9/h1-3H,4-5H2. The van der Waals surface area contributed by atoms with Gasteiger partial charge < -0.3 is 4.74 Å². The van der Waals surface area contributed by atoms with E-state index in [-0.39, 0.29) is 12.4 Å². The average molecular weight is 267 g/mol. The average Bonchev–Trinajstić information content (AvgIpc) is 2.03. The van der Waals surface area contributed by atoms with Gasteiger partial charge in [-0.15, -0.1) is 0 Å². The minimum Gasteiger partial charge on any atom is -0.365 e. The summed E-state index contributed by atoms with van der Waals surface area (Å²) in [7, 11) is 0. The summed E-state index contributed by atoms with van der Waals surface area (Å²) in [5, 5.41) is 0. The molecule has 0 spiro atoms. The highest BCUT2D eigenvalue weighted by molar-refractivity contribution is 14.1. The number of hydrogen-bond acceptors (Lipinski definition) is 2. The van der Waals surface area contributed by atoms with Crippen LogP contribution < -0.4 is 0 Å². The molecule has 0 aliphatic carbocycles. The van der Waals surface area contributed by atoms with E-state index in [1.54, 1.807) is 12.3 Å². The van der Waals surface area contributed by atoms with Gasteiger partial charge in [0.05, 0.1) is 11.2 Å². The molecule has 0 aliphatic rings. The highest BCUT2D eigenvalue weighted by atomic mass is 127. The minimum absolute atomic E-state index is 0.246. The summed E-state index contributed by atoms with van der Waals surface area (Å²) < 4.78 is 18.3. The molecule has 0 aromatic carbocycles. The van der Waals surface area contributed by atoms with Crippen LogP contribution in [0.4, 0.5) is 4.39 Å². The van der Waals surface area contributed by atoms with E-state index in [9.17, 15) is 4.39 Å². The van der Waals surface area contributed by atoms with Crippen molar-refractivity contribution in [1.82, 2.24) is 4.98 Å². The summed E-state index contributed by atoms with van der Waals surface area (Å²) in [6.45, 7) is 0.246. The Balaban J connectivity index is 2.62. The zero-order valence-electron chi connectivity index (χ0n) is 5.76. The van der Waals surface area contributed by atoms with E-state index < -0.39 is 0 Å². The van der Waals surface area contributed by atoms with Gasteiger partial charge in [-0.2, -0.15) is 0 Å². The lowest BCUT2D eigenvalue weighted by molar-refractivity contribution is 0.170. The predicted octanol–water partition coefficient (Wildman–Crippen LogP) is 2.13. The highest BCUT2D eigenvalue weighted by Crippen LogP contribution is 2.04. The van der Waals surface area contributed by atoms with Gasteiger partial charge in [0, 0.05) is 6.20 Å². The number of halogens is 2. The molecule has 0 atom stereocenters. The third kappa shape index (κ3) is 2.70. The highest BCUT2D eigenvalue weighted by Gasteiger charge is 2.00. The van der Waals surface area contributed by atoms with Gasteiger partial charge >= 0.3 is 0 Å². The molecule has 0 N–H and O–H groups in total. The lowest BCUT2D eigenvalue weighted by Gasteiger charge is -1.99. The van der Waals surface area contributed by atoms with Crippen molar-refractivity contribution in [3.05, 3.63) is 29.8 Å². The molecule has 11 heavy (non-hydrogen) atoms. The van der Waals surface area contributed by atoms with Crippen LogP contribution in [-0.2, 0) is 11.3 Å². The van der Waals surface area contributed by atoms with E-state index in [2.05, 4.69) is 27.6 Å². The number of ether oxygens (including phenoxy) is 1. The van der Waals surface area contributed by atoms with E-state index in [0.717, 1.165) is 0 Å². The van der Waals surface area contributed by atoms with Crippen LogP contribution in [0.3, 0.4) is 0 Å². The van der Waals surface area contributed by atoms with Gasteiger partial charge in [0.15, 0.2) is 0 Å². The zero-order valence-corrected chi connectivity index (χ0v) is 7.92.